The summed E-state index contributed by atoms with van der Waals surface area (Å²) in [4.78, 5) is 26.7. The molecule has 1 N–H and O–H groups in total. The number of hydrogen-bond acceptors (Lipinski definition) is 5. The molecule has 1 aliphatic rings. The molecule has 2 amide bonds. The van der Waals surface area contributed by atoms with Crippen molar-refractivity contribution in [3.63, 3.8) is 0 Å². The normalized spacial score (nSPS) is 16.4. The summed E-state index contributed by atoms with van der Waals surface area (Å²) in [6.45, 7) is 1.30. The molecule has 7 nitrogen and oxygen atoms in total. The number of methoxy groups -OCH3 is 2. The molecule has 1 aromatic carbocycles. The number of carbonyl (C=O) groups is 2. The van der Waals surface area contributed by atoms with Crippen molar-refractivity contribution in [2.24, 2.45) is 5.92 Å². The van der Waals surface area contributed by atoms with Crippen LogP contribution in [-0.2, 0) is 4.79 Å². The van der Waals surface area contributed by atoms with E-state index in [4.69, 9.17) is 25.5 Å². The number of hydrogen-bond donors (Lipinski definition) is 1. The molecule has 2 aromatic rings. The SMILES string of the molecule is COc1ccc(C(=O)N2CCC[C@H](CCC(=O)Nc3ccc(OC)c(Cl)c3)C2)o1. The van der Waals surface area contributed by atoms with Crippen molar-refractivity contribution < 1.29 is 23.5 Å². The quantitative estimate of drug-likeness (QED) is 0.725. The third kappa shape index (κ3) is 5.44. The fourth-order valence-corrected chi connectivity index (χ4v) is 3.75. The summed E-state index contributed by atoms with van der Waals surface area (Å²) in [5.74, 6) is 1.20. The van der Waals surface area contributed by atoms with Gasteiger partial charge in [-0.15, -0.1) is 0 Å². The van der Waals surface area contributed by atoms with Crippen LogP contribution >= 0.6 is 11.6 Å². The summed E-state index contributed by atoms with van der Waals surface area (Å²) in [6.07, 6.45) is 2.99. The van der Waals surface area contributed by atoms with Crippen LogP contribution in [0, 0.1) is 5.92 Å². The molecule has 0 spiro atoms. The second-order valence-electron chi connectivity index (χ2n) is 7.02. The van der Waals surface area contributed by atoms with Crippen molar-refractivity contribution >= 4 is 29.1 Å². The lowest BCUT2D eigenvalue weighted by molar-refractivity contribution is -0.116. The molecule has 1 aliphatic heterocycles. The maximum atomic E-state index is 12.6. The zero-order valence-corrected chi connectivity index (χ0v) is 17.3. The highest BCUT2D eigenvalue weighted by molar-refractivity contribution is 6.32. The van der Waals surface area contributed by atoms with Crippen LogP contribution in [0.15, 0.2) is 34.7 Å². The third-order valence-electron chi connectivity index (χ3n) is 5.01. The Kier molecular flexibility index (Phi) is 7.04. The lowest BCUT2D eigenvalue weighted by atomic mass is 9.93. The van der Waals surface area contributed by atoms with Crippen molar-refractivity contribution in [3.05, 3.63) is 41.1 Å². The van der Waals surface area contributed by atoms with E-state index >= 15 is 0 Å². The summed E-state index contributed by atoms with van der Waals surface area (Å²) < 4.78 is 15.5. The van der Waals surface area contributed by atoms with E-state index in [1.54, 1.807) is 42.3 Å². The number of nitrogens with zero attached hydrogens (tertiary/aromatic N) is 1. The van der Waals surface area contributed by atoms with Gasteiger partial charge in [-0.1, -0.05) is 11.6 Å². The van der Waals surface area contributed by atoms with Gasteiger partial charge in [0.1, 0.15) is 5.75 Å². The van der Waals surface area contributed by atoms with Gasteiger partial charge in [0.05, 0.1) is 19.2 Å². The Balaban J connectivity index is 1.49. The molecule has 2 heterocycles. The minimum atomic E-state index is -0.143. The fraction of sp³-hybridized carbons (Fsp3) is 0.429. The minimum absolute atomic E-state index is 0.0783. The summed E-state index contributed by atoms with van der Waals surface area (Å²) >= 11 is 6.09. The zero-order valence-electron chi connectivity index (χ0n) is 16.6. The highest BCUT2D eigenvalue weighted by Gasteiger charge is 2.26. The number of amides is 2. The average molecular weight is 421 g/mol. The summed E-state index contributed by atoms with van der Waals surface area (Å²) in [5, 5.41) is 3.30. The number of rotatable bonds is 7. The number of halogens is 1. The Hall–Kier alpha value is -2.67. The van der Waals surface area contributed by atoms with Crippen molar-refractivity contribution in [2.75, 3.05) is 32.6 Å². The number of ether oxygens (including phenoxy) is 2. The fourth-order valence-electron chi connectivity index (χ4n) is 3.49. The molecule has 156 valence electrons. The van der Waals surface area contributed by atoms with Crippen molar-refractivity contribution in [2.45, 2.75) is 25.7 Å². The number of benzene rings is 1. The maximum absolute atomic E-state index is 12.6. The van der Waals surface area contributed by atoms with Gasteiger partial charge in [0.25, 0.3) is 11.9 Å². The Morgan fingerprint density at radius 2 is 2.07 bits per heavy atom. The highest BCUT2D eigenvalue weighted by atomic mass is 35.5. The number of likely N-dealkylation sites (tertiary alicyclic amines) is 1. The van der Waals surface area contributed by atoms with Crippen LogP contribution in [0.5, 0.6) is 11.7 Å². The Morgan fingerprint density at radius 1 is 1.24 bits per heavy atom. The van der Waals surface area contributed by atoms with Crippen LogP contribution in [0.1, 0.15) is 36.2 Å². The Labute approximate surface area is 174 Å². The lowest BCUT2D eigenvalue weighted by Crippen LogP contribution is -2.40. The number of anilines is 1. The molecule has 0 bridgehead atoms. The van der Waals surface area contributed by atoms with E-state index in [0.29, 0.717) is 48.3 Å². The van der Waals surface area contributed by atoms with Gasteiger partial charge in [-0.2, -0.15) is 0 Å². The molecule has 0 saturated carbocycles. The van der Waals surface area contributed by atoms with Gasteiger partial charge in [-0.05, 0) is 49.4 Å². The second-order valence-corrected chi connectivity index (χ2v) is 7.43. The molecule has 0 unspecified atom stereocenters. The molecular formula is C21H25ClN2O5. The maximum Gasteiger partial charge on any atom is 0.289 e. The monoisotopic (exact) mass is 420 g/mol. The molecule has 0 radical (unpaired) electrons. The Morgan fingerprint density at radius 3 is 2.76 bits per heavy atom. The molecule has 1 atom stereocenters. The van der Waals surface area contributed by atoms with Gasteiger partial charge in [0.15, 0.2) is 5.76 Å². The lowest BCUT2D eigenvalue weighted by Gasteiger charge is -2.32. The van der Waals surface area contributed by atoms with Gasteiger partial charge >= 0.3 is 0 Å². The number of piperidine rings is 1. The van der Waals surface area contributed by atoms with E-state index in [1.165, 1.54) is 7.11 Å². The van der Waals surface area contributed by atoms with Gasteiger partial charge in [-0.3, -0.25) is 9.59 Å². The molecule has 3 rings (SSSR count). The molecular weight excluding hydrogens is 396 g/mol. The smallest absolute Gasteiger partial charge is 0.289 e. The first-order valence-electron chi connectivity index (χ1n) is 9.56. The predicted molar refractivity (Wildman–Crippen MR) is 110 cm³/mol. The van der Waals surface area contributed by atoms with E-state index in [1.807, 2.05) is 0 Å². The van der Waals surface area contributed by atoms with Gasteiger partial charge < -0.3 is 24.1 Å². The van der Waals surface area contributed by atoms with E-state index in [-0.39, 0.29) is 23.5 Å². The first-order chi connectivity index (χ1) is 14.0. The van der Waals surface area contributed by atoms with Gasteiger partial charge in [-0.25, -0.2) is 0 Å². The first kappa shape index (κ1) is 21.0. The molecule has 1 fully saturated rings. The molecule has 0 aliphatic carbocycles. The third-order valence-corrected chi connectivity index (χ3v) is 5.31. The standard InChI is InChI=1S/C21H25ClN2O5/c1-27-17-7-6-15(12-16(17)22)23-19(25)9-5-14-4-3-11-24(13-14)21(26)18-8-10-20(28-2)29-18/h6-8,10,12,14H,3-5,9,11,13H2,1-2H3,(H,23,25)/t14-/m1/s1. The predicted octanol–water partition coefficient (Wildman–Crippen LogP) is 4.22. The zero-order chi connectivity index (χ0) is 20.8. The van der Waals surface area contributed by atoms with Gasteiger partial charge in [0, 0.05) is 31.3 Å². The van der Waals surface area contributed by atoms with Crippen LogP contribution in [0.25, 0.3) is 0 Å². The second kappa shape index (κ2) is 9.69. The molecule has 1 saturated heterocycles. The number of nitrogens with one attached hydrogen (secondary N) is 1. The number of carbonyl (C=O) groups excluding carboxylic acids is 2. The molecule has 8 heteroatoms. The highest BCUT2D eigenvalue weighted by Crippen LogP contribution is 2.28. The van der Waals surface area contributed by atoms with E-state index in [2.05, 4.69) is 5.32 Å². The summed E-state index contributed by atoms with van der Waals surface area (Å²) in [7, 11) is 3.04. The van der Waals surface area contributed by atoms with E-state index in [0.717, 1.165) is 12.8 Å². The van der Waals surface area contributed by atoms with Gasteiger partial charge in [0.2, 0.25) is 5.91 Å². The largest absolute Gasteiger partial charge is 0.495 e. The van der Waals surface area contributed by atoms with Crippen LogP contribution in [0.2, 0.25) is 5.02 Å². The van der Waals surface area contributed by atoms with Crippen molar-refractivity contribution in [1.82, 2.24) is 4.90 Å². The van der Waals surface area contributed by atoms with Crippen LogP contribution in [-0.4, -0.2) is 44.0 Å². The van der Waals surface area contributed by atoms with Crippen LogP contribution in [0.4, 0.5) is 5.69 Å². The summed E-state index contributed by atoms with van der Waals surface area (Å²) in [5.41, 5.74) is 0.632. The Bertz CT molecular complexity index is 867. The molecule has 29 heavy (non-hydrogen) atoms. The minimum Gasteiger partial charge on any atom is -0.495 e. The molecule has 1 aromatic heterocycles. The van der Waals surface area contributed by atoms with E-state index < -0.39 is 0 Å². The van der Waals surface area contributed by atoms with E-state index in [9.17, 15) is 9.59 Å². The van der Waals surface area contributed by atoms with Crippen molar-refractivity contribution in [3.8, 4) is 11.7 Å². The summed E-state index contributed by atoms with van der Waals surface area (Å²) in [6, 6.07) is 8.38. The number of furan rings is 1. The average Bonchev–Trinajstić information content (AvgIpc) is 3.21. The topological polar surface area (TPSA) is 81.0 Å². The van der Waals surface area contributed by atoms with Crippen molar-refractivity contribution in [1.29, 1.82) is 0 Å². The van der Waals surface area contributed by atoms with Crippen LogP contribution in [0.3, 0.4) is 0 Å². The first-order valence-corrected chi connectivity index (χ1v) is 9.94. The van der Waals surface area contributed by atoms with Crippen LogP contribution < -0.4 is 14.8 Å².